The quantitative estimate of drug-likeness (QED) is 0.924. The largest absolute Gasteiger partial charge is 0.306 e. The van der Waals surface area contributed by atoms with Gasteiger partial charge in [0.15, 0.2) is 11.6 Å². The number of hydrogen-bond acceptors (Lipinski definition) is 3. The second kappa shape index (κ2) is 5.75. The molecule has 0 spiro atoms. The van der Waals surface area contributed by atoms with Crippen molar-refractivity contribution in [3.8, 4) is 0 Å². The molecule has 0 aliphatic heterocycles. The normalized spacial score (nSPS) is 12.7. The van der Waals surface area contributed by atoms with Gasteiger partial charge in [-0.3, -0.25) is 0 Å². The molecule has 19 heavy (non-hydrogen) atoms. The molecule has 0 aliphatic rings. The maximum absolute atomic E-state index is 13.4. The van der Waals surface area contributed by atoms with E-state index in [0.717, 1.165) is 28.2 Å². The van der Waals surface area contributed by atoms with Gasteiger partial charge in [-0.05, 0) is 38.1 Å². The van der Waals surface area contributed by atoms with Crippen LogP contribution in [0.5, 0.6) is 0 Å². The first kappa shape index (κ1) is 14.1. The fraction of sp³-hybridized carbons (Fsp3) is 0.357. The van der Waals surface area contributed by atoms with Crippen LogP contribution in [-0.4, -0.2) is 11.5 Å². The van der Waals surface area contributed by atoms with E-state index in [1.54, 1.807) is 17.4 Å². The Labute approximate surface area is 115 Å². The fourth-order valence-electron chi connectivity index (χ4n) is 2.07. The molecule has 0 fully saturated rings. The van der Waals surface area contributed by atoms with Crippen LogP contribution in [0.25, 0.3) is 0 Å². The van der Waals surface area contributed by atoms with Crippen LogP contribution < -0.4 is 5.32 Å². The van der Waals surface area contributed by atoms with E-state index in [1.807, 2.05) is 20.8 Å². The summed E-state index contributed by atoms with van der Waals surface area (Å²) in [5.74, 6) is -1.64. The first-order valence-electron chi connectivity index (χ1n) is 6.15. The highest BCUT2D eigenvalue weighted by atomic mass is 32.1. The highest BCUT2D eigenvalue weighted by molar-refractivity contribution is 7.11. The summed E-state index contributed by atoms with van der Waals surface area (Å²) in [5.41, 5.74) is 1.64. The molecule has 0 amide bonds. The van der Waals surface area contributed by atoms with Crippen molar-refractivity contribution in [3.63, 3.8) is 0 Å². The molecule has 0 saturated carbocycles. The number of rotatable bonds is 4. The Hall–Kier alpha value is -1.33. The molecule has 102 valence electrons. The van der Waals surface area contributed by atoms with Crippen molar-refractivity contribution < 1.29 is 8.78 Å². The van der Waals surface area contributed by atoms with Crippen LogP contribution >= 0.6 is 11.3 Å². The second-order valence-electron chi connectivity index (χ2n) is 4.35. The van der Waals surface area contributed by atoms with E-state index < -0.39 is 11.6 Å². The minimum absolute atomic E-state index is 0.147. The molecule has 1 aromatic carbocycles. The van der Waals surface area contributed by atoms with E-state index in [0.29, 0.717) is 5.56 Å². The van der Waals surface area contributed by atoms with Crippen LogP contribution in [0.1, 0.15) is 34.1 Å². The van der Waals surface area contributed by atoms with Gasteiger partial charge in [0.05, 0.1) is 16.7 Å². The van der Waals surface area contributed by atoms with Crippen LogP contribution in [0, 0.1) is 25.5 Å². The first-order chi connectivity index (χ1) is 9.02. The van der Waals surface area contributed by atoms with Crippen molar-refractivity contribution >= 4 is 11.3 Å². The maximum atomic E-state index is 13.4. The summed E-state index contributed by atoms with van der Waals surface area (Å²) < 4.78 is 26.4. The lowest BCUT2D eigenvalue weighted by atomic mass is 10.0. The summed E-state index contributed by atoms with van der Waals surface area (Å²) in [4.78, 5) is 5.44. The molecule has 1 atom stereocenters. The summed E-state index contributed by atoms with van der Waals surface area (Å²) in [7, 11) is 0. The molecule has 2 aromatic rings. The van der Waals surface area contributed by atoms with Crippen molar-refractivity contribution in [2.75, 3.05) is 6.54 Å². The first-order valence-corrected chi connectivity index (χ1v) is 6.96. The number of aryl methyl sites for hydroxylation is 2. The summed E-state index contributed by atoms with van der Waals surface area (Å²) in [6.45, 7) is 6.59. The maximum Gasteiger partial charge on any atom is 0.159 e. The number of thiazole rings is 1. The smallest absolute Gasteiger partial charge is 0.159 e. The van der Waals surface area contributed by atoms with Gasteiger partial charge in [-0.25, -0.2) is 13.8 Å². The summed E-state index contributed by atoms with van der Waals surface area (Å²) in [5, 5.41) is 4.27. The summed E-state index contributed by atoms with van der Waals surface area (Å²) in [6, 6.07) is 3.88. The van der Waals surface area contributed by atoms with Gasteiger partial charge in [-0.15, -0.1) is 11.3 Å². The van der Waals surface area contributed by atoms with Crippen molar-refractivity contribution in [1.82, 2.24) is 10.3 Å². The third kappa shape index (κ3) is 2.98. The lowest BCUT2D eigenvalue weighted by Gasteiger charge is -2.17. The SMILES string of the molecule is CCNC(c1ccc(F)c(F)c1)c1sc(C)nc1C. The lowest BCUT2D eigenvalue weighted by Crippen LogP contribution is -2.22. The Kier molecular flexibility index (Phi) is 4.27. The van der Waals surface area contributed by atoms with Gasteiger partial charge in [0.2, 0.25) is 0 Å². The molecule has 0 aliphatic carbocycles. The van der Waals surface area contributed by atoms with Gasteiger partial charge < -0.3 is 5.32 Å². The Balaban J connectivity index is 2.44. The van der Waals surface area contributed by atoms with Crippen molar-refractivity contribution in [3.05, 3.63) is 51.0 Å². The molecular weight excluding hydrogens is 266 g/mol. The molecule has 5 heteroatoms. The van der Waals surface area contributed by atoms with Crippen molar-refractivity contribution in [2.24, 2.45) is 0 Å². The number of benzene rings is 1. The third-order valence-electron chi connectivity index (χ3n) is 2.89. The average Bonchev–Trinajstić information content (AvgIpc) is 2.69. The van der Waals surface area contributed by atoms with Gasteiger partial charge >= 0.3 is 0 Å². The number of hydrogen-bond donors (Lipinski definition) is 1. The predicted octanol–water partition coefficient (Wildman–Crippen LogP) is 3.74. The van der Waals surface area contributed by atoms with Crippen LogP contribution in [0.2, 0.25) is 0 Å². The molecule has 1 aromatic heterocycles. The summed E-state index contributed by atoms with van der Waals surface area (Å²) >= 11 is 1.58. The number of aromatic nitrogens is 1. The zero-order valence-corrected chi connectivity index (χ0v) is 11.9. The Bertz CT molecular complexity index is 581. The van der Waals surface area contributed by atoms with Crippen LogP contribution in [0.15, 0.2) is 18.2 Å². The van der Waals surface area contributed by atoms with Gasteiger partial charge in [-0.1, -0.05) is 13.0 Å². The van der Waals surface area contributed by atoms with E-state index in [-0.39, 0.29) is 6.04 Å². The number of nitrogens with zero attached hydrogens (tertiary/aromatic N) is 1. The zero-order valence-electron chi connectivity index (χ0n) is 11.1. The molecule has 0 radical (unpaired) electrons. The van der Waals surface area contributed by atoms with Crippen LogP contribution in [0.3, 0.4) is 0 Å². The Morgan fingerprint density at radius 2 is 2.00 bits per heavy atom. The second-order valence-corrected chi connectivity index (χ2v) is 5.58. The van der Waals surface area contributed by atoms with E-state index in [1.165, 1.54) is 6.07 Å². The molecule has 0 saturated heterocycles. The van der Waals surface area contributed by atoms with E-state index in [2.05, 4.69) is 10.3 Å². The molecule has 1 N–H and O–H groups in total. The standard InChI is InChI=1S/C14H16F2N2S/c1-4-17-13(14-8(2)18-9(3)19-14)10-5-6-11(15)12(16)7-10/h5-7,13,17H,4H2,1-3H3. The Morgan fingerprint density at radius 3 is 2.53 bits per heavy atom. The molecular formula is C14H16F2N2S. The van der Waals surface area contributed by atoms with Gasteiger partial charge in [0.1, 0.15) is 0 Å². The minimum Gasteiger partial charge on any atom is -0.306 e. The zero-order chi connectivity index (χ0) is 14.0. The van der Waals surface area contributed by atoms with E-state index in [4.69, 9.17) is 0 Å². The van der Waals surface area contributed by atoms with Crippen LogP contribution in [-0.2, 0) is 0 Å². The number of nitrogens with one attached hydrogen (secondary N) is 1. The molecule has 2 rings (SSSR count). The topological polar surface area (TPSA) is 24.9 Å². The average molecular weight is 282 g/mol. The molecule has 1 heterocycles. The van der Waals surface area contributed by atoms with Gasteiger partial charge in [0.25, 0.3) is 0 Å². The monoisotopic (exact) mass is 282 g/mol. The highest BCUT2D eigenvalue weighted by Crippen LogP contribution is 2.30. The molecule has 0 bridgehead atoms. The fourth-order valence-corrected chi connectivity index (χ4v) is 3.10. The van der Waals surface area contributed by atoms with E-state index in [9.17, 15) is 8.78 Å². The van der Waals surface area contributed by atoms with Crippen LogP contribution in [0.4, 0.5) is 8.78 Å². The lowest BCUT2D eigenvalue weighted by molar-refractivity contribution is 0.504. The molecule has 2 nitrogen and oxygen atoms in total. The third-order valence-corrected chi connectivity index (χ3v) is 4.02. The van der Waals surface area contributed by atoms with Crippen molar-refractivity contribution in [2.45, 2.75) is 26.8 Å². The predicted molar refractivity (Wildman–Crippen MR) is 73.5 cm³/mol. The Morgan fingerprint density at radius 1 is 1.26 bits per heavy atom. The molecule has 1 unspecified atom stereocenters. The van der Waals surface area contributed by atoms with Crippen molar-refractivity contribution in [1.29, 1.82) is 0 Å². The van der Waals surface area contributed by atoms with Gasteiger partial charge in [-0.2, -0.15) is 0 Å². The minimum atomic E-state index is -0.823. The summed E-state index contributed by atoms with van der Waals surface area (Å²) in [6.07, 6.45) is 0. The number of halogens is 2. The van der Waals surface area contributed by atoms with Gasteiger partial charge in [0, 0.05) is 4.88 Å². The highest BCUT2D eigenvalue weighted by Gasteiger charge is 2.19. The van der Waals surface area contributed by atoms with E-state index >= 15 is 0 Å².